The van der Waals surface area contributed by atoms with Crippen LogP contribution in [0.1, 0.15) is 16.7 Å². The lowest BCUT2D eigenvalue weighted by Gasteiger charge is -2.12. The summed E-state index contributed by atoms with van der Waals surface area (Å²) in [6.45, 7) is 6.44. The molecule has 44 heavy (non-hydrogen) atoms. The van der Waals surface area contributed by atoms with E-state index in [0.717, 1.165) is 77.7 Å². The van der Waals surface area contributed by atoms with Gasteiger partial charge in [-0.2, -0.15) is 0 Å². The van der Waals surface area contributed by atoms with Crippen molar-refractivity contribution in [1.29, 1.82) is 0 Å². The molecule has 6 aromatic heterocycles. The van der Waals surface area contributed by atoms with E-state index in [9.17, 15) is 0 Å². The molecule has 7 nitrogen and oxygen atoms in total. The van der Waals surface area contributed by atoms with Gasteiger partial charge in [-0.05, 0) is 97.9 Å². The first-order valence-corrected chi connectivity index (χ1v) is 14.6. The van der Waals surface area contributed by atoms with Crippen molar-refractivity contribution in [2.45, 2.75) is 20.8 Å². The van der Waals surface area contributed by atoms with Crippen LogP contribution in [0.15, 0.2) is 104 Å². The van der Waals surface area contributed by atoms with Gasteiger partial charge in [0.1, 0.15) is 28.4 Å². The van der Waals surface area contributed by atoms with Gasteiger partial charge < -0.3 is 4.74 Å². The summed E-state index contributed by atoms with van der Waals surface area (Å²) >= 11 is 0. The Hall–Kier alpha value is -5.82. The fraction of sp³-hybridized carbons (Fsp3) is 0.0811. The van der Waals surface area contributed by atoms with Crippen molar-refractivity contribution in [3.63, 3.8) is 0 Å². The number of imidazole rings is 2. The Kier molecular flexibility index (Phi) is 5.11. The Morgan fingerprint density at radius 1 is 0.591 bits per heavy atom. The molecule has 0 saturated heterocycles. The highest BCUT2D eigenvalue weighted by molar-refractivity contribution is 6.12. The maximum atomic E-state index is 6.53. The number of pyridine rings is 4. The molecule has 0 bridgehead atoms. The molecule has 0 aliphatic rings. The van der Waals surface area contributed by atoms with Crippen molar-refractivity contribution < 1.29 is 4.74 Å². The molecule has 9 aromatic rings. The Morgan fingerprint density at radius 2 is 1.27 bits per heavy atom. The number of aromatic nitrogens is 6. The van der Waals surface area contributed by atoms with Gasteiger partial charge in [-0.15, -0.1) is 0 Å². The summed E-state index contributed by atoms with van der Waals surface area (Å²) in [5, 5.41) is 5.17. The largest absolute Gasteiger partial charge is 0.457 e. The van der Waals surface area contributed by atoms with E-state index in [4.69, 9.17) is 14.7 Å². The van der Waals surface area contributed by atoms with Crippen molar-refractivity contribution in [3.05, 3.63) is 120 Å². The molecule has 0 atom stereocenters. The maximum absolute atomic E-state index is 6.53. The van der Waals surface area contributed by atoms with Gasteiger partial charge in [-0.1, -0.05) is 17.7 Å². The van der Waals surface area contributed by atoms with Gasteiger partial charge >= 0.3 is 0 Å². The summed E-state index contributed by atoms with van der Waals surface area (Å²) in [6.07, 6.45) is 9.56. The highest BCUT2D eigenvalue weighted by atomic mass is 16.5. The predicted molar refractivity (Wildman–Crippen MR) is 176 cm³/mol. The van der Waals surface area contributed by atoms with Gasteiger partial charge in [-0.3, -0.25) is 13.8 Å². The van der Waals surface area contributed by atoms with E-state index in [2.05, 4.69) is 88.2 Å². The third-order valence-corrected chi connectivity index (χ3v) is 8.59. The van der Waals surface area contributed by atoms with Gasteiger partial charge in [-0.25, -0.2) is 15.0 Å². The number of fused-ring (bicyclic) bond motifs is 12. The molecule has 0 unspecified atom stereocenters. The molecular formula is C37H26N6O. The Labute approximate surface area is 252 Å². The van der Waals surface area contributed by atoms with Gasteiger partial charge in [0.15, 0.2) is 0 Å². The maximum Gasteiger partial charge on any atom is 0.147 e. The molecule has 0 radical (unpaired) electrons. The highest BCUT2D eigenvalue weighted by Gasteiger charge is 2.17. The Morgan fingerprint density at radius 3 is 2.09 bits per heavy atom. The van der Waals surface area contributed by atoms with Gasteiger partial charge in [0.2, 0.25) is 0 Å². The highest BCUT2D eigenvalue weighted by Crippen LogP contribution is 2.37. The minimum Gasteiger partial charge on any atom is -0.457 e. The van der Waals surface area contributed by atoms with Crippen molar-refractivity contribution in [2.75, 3.05) is 0 Å². The van der Waals surface area contributed by atoms with Gasteiger partial charge in [0.25, 0.3) is 0 Å². The minimum atomic E-state index is 0.727. The molecule has 6 heterocycles. The average Bonchev–Trinajstić information content (AvgIpc) is 3.70. The van der Waals surface area contributed by atoms with E-state index in [-0.39, 0.29) is 0 Å². The Bertz CT molecular complexity index is 2610. The van der Waals surface area contributed by atoms with Crippen molar-refractivity contribution in [2.24, 2.45) is 0 Å². The van der Waals surface area contributed by atoms with E-state index in [1.165, 1.54) is 16.7 Å². The lowest BCUT2D eigenvalue weighted by Crippen LogP contribution is -1.94. The minimum absolute atomic E-state index is 0.727. The number of benzene rings is 3. The van der Waals surface area contributed by atoms with Crippen molar-refractivity contribution in [1.82, 2.24) is 28.7 Å². The summed E-state index contributed by atoms with van der Waals surface area (Å²) in [4.78, 5) is 19.3. The third kappa shape index (κ3) is 3.56. The first kappa shape index (κ1) is 24.7. The van der Waals surface area contributed by atoms with Crippen LogP contribution in [0, 0.1) is 20.8 Å². The zero-order valence-corrected chi connectivity index (χ0v) is 24.4. The van der Waals surface area contributed by atoms with Crippen LogP contribution in [0.4, 0.5) is 0 Å². The van der Waals surface area contributed by atoms with Crippen LogP contribution in [0.2, 0.25) is 0 Å². The quantitative estimate of drug-likeness (QED) is 0.199. The van der Waals surface area contributed by atoms with E-state index in [0.29, 0.717) is 0 Å². The fourth-order valence-electron chi connectivity index (χ4n) is 6.85. The second-order valence-electron chi connectivity index (χ2n) is 11.5. The summed E-state index contributed by atoms with van der Waals surface area (Å²) in [6, 6.07) is 24.9. The molecular weight excluding hydrogens is 544 g/mol. The summed E-state index contributed by atoms with van der Waals surface area (Å²) in [5.74, 6) is 1.46. The van der Waals surface area contributed by atoms with Gasteiger partial charge in [0, 0.05) is 58.1 Å². The second-order valence-corrected chi connectivity index (χ2v) is 11.5. The monoisotopic (exact) mass is 570 g/mol. The first-order valence-electron chi connectivity index (χ1n) is 14.6. The number of hydrogen-bond donors (Lipinski definition) is 0. The van der Waals surface area contributed by atoms with Crippen LogP contribution in [0.25, 0.3) is 66.2 Å². The van der Waals surface area contributed by atoms with E-state index >= 15 is 0 Å². The zero-order valence-electron chi connectivity index (χ0n) is 24.4. The van der Waals surface area contributed by atoms with E-state index in [1.807, 2.05) is 55.1 Å². The van der Waals surface area contributed by atoms with Crippen LogP contribution in [-0.2, 0) is 0 Å². The fourth-order valence-corrected chi connectivity index (χ4v) is 6.85. The molecule has 210 valence electrons. The lowest BCUT2D eigenvalue weighted by atomic mass is 9.98. The third-order valence-electron chi connectivity index (χ3n) is 8.59. The van der Waals surface area contributed by atoms with Crippen LogP contribution >= 0.6 is 0 Å². The lowest BCUT2D eigenvalue weighted by molar-refractivity contribution is 0.484. The smallest absolute Gasteiger partial charge is 0.147 e. The molecule has 0 amide bonds. The zero-order chi connectivity index (χ0) is 29.5. The second kappa shape index (κ2) is 9.09. The van der Waals surface area contributed by atoms with Crippen molar-refractivity contribution >= 4 is 54.9 Å². The van der Waals surface area contributed by atoms with Gasteiger partial charge in [0.05, 0.1) is 16.7 Å². The van der Waals surface area contributed by atoms with E-state index in [1.54, 1.807) is 0 Å². The Balaban J connectivity index is 1.23. The van der Waals surface area contributed by atoms with Crippen molar-refractivity contribution in [3.8, 4) is 22.8 Å². The topological polar surface area (TPSA) is 69.6 Å². The van der Waals surface area contributed by atoms with E-state index < -0.39 is 0 Å². The molecule has 7 heteroatoms. The number of aryl methyl sites for hydroxylation is 3. The summed E-state index contributed by atoms with van der Waals surface area (Å²) in [5.41, 5.74) is 10.3. The normalized spacial score (nSPS) is 12.0. The van der Waals surface area contributed by atoms with Crippen LogP contribution in [-0.4, -0.2) is 28.7 Å². The molecule has 0 saturated carbocycles. The SMILES string of the molecule is Cc1cc(C)c(-c2cn3c4ncccc4c4ccc(Oc5ccc6c(c5)c5nccn5c5cccnc65)cc4c3n2)c(C)c1. The molecule has 0 aliphatic carbocycles. The molecule has 0 N–H and O–H groups in total. The number of rotatable bonds is 3. The van der Waals surface area contributed by atoms with Crippen LogP contribution < -0.4 is 4.74 Å². The summed E-state index contributed by atoms with van der Waals surface area (Å²) in [7, 11) is 0. The van der Waals surface area contributed by atoms with Crippen LogP contribution in [0.3, 0.4) is 0 Å². The first-order chi connectivity index (χ1) is 21.5. The number of hydrogen-bond acceptors (Lipinski definition) is 5. The summed E-state index contributed by atoms with van der Waals surface area (Å²) < 4.78 is 10.7. The predicted octanol–water partition coefficient (Wildman–Crippen LogP) is 8.77. The number of ether oxygens (including phenoxy) is 1. The average molecular weight is 571 g/mol. The molecule has 0 aliphatic heterocycles. The standard InChI is InChI=1S/C37H26N6O/c1-21-16-22(2)33(23(3)17-21)31-20-43-35-28(6-4-13-39-35)26-10-8-24(18-29(26)37(43)41-31)44-25-9-11-27-30(19-25)36-40-14-15-42(36)32-7-5-12-38-34(27)32/h4-20H,1-3H3. The molecule has 3 aromatic carbocycles. The number of nitrogens with zero attached hydrogens (tertiary/aromatic N) is 6. The molecule has 9 rings (SSSR count). The molecule has 0 fully saturated rings. The van der Waals surface area contributed by atoms with Crippen LogP contribution in [0.5, 0.6) is 11.5 Å². The molecule has 0 spiro atoms.